The van der Waals surface area contributed by atoms with Crippen molar-refractivity contribution in [3.05, 3.63) is 158 Å². The van der Waals surface area contributed by atoms with Crippen LogP contribution in [0.2, 0.25) is 0 Å². The quantitative estimate of drug-likeness (QED) is 0.166. The molecule has 0 fully saturated rings. The summed E-state index contributed by atoms with van der Waals surface area (Å²) >= 11 is 0. The number of aryl methyl sites for hydroxylation is 5. The van der Waals surface area contributed by atoms with Gasteiger partial charge >= 0.3 is 0 Å². The lowest BCUT2D eigenvalue weighted by atomic mass is 9.75. The molecule has 0 N–H and O–H groups in total. The van der Waals surface area contributed by atoms with Crippen LogP contribution < -0.4 is 0 Å². The molecule has 0 nitrogen and oxygen atoms in total. The fraction of sp³-hybridized carbons (Fsp3) is 0.216. The van der Waals surface area contributed by atoms with Gasteiger partial charge in [-0.25, -0.2) is 0 Å². The molecule has 0 radical (unpaired) electrons. The Balaban J connectivity index is 1.50. The average Bonchev–Trinajstić information content (AvgIpc) is 3.54. The Morgan fingerprint density at radius 1 is 0.392 bits per heavy atom. The molecular weight excluding hydrogens is 613 g/mol. The Labute approximate surface area is 303 Å². The van der Waals surface area contributed by atoms with Crippen molar-refractivity contribution in [3.8, 4) is 44.5 Å². The maximum Gasteiger partial charge on any atom is -0.00134 e. The summed E-state index contributed by atoms with van der Waals surface area (Å²) in [5.74, 6) is 0. The van der Waals surface area contributed by atoms with E-state index in [2.05, 4.69) is 152 Å². The highest BCUT2D eigenvalue weighted by molar-refractivity contribution is 6.25. The van der Waals surface area contributed by atoms with Crippen LogP contribution in [0.5, 0.6) is 0 Å². The second kappa shape index (κ2) is 11.7. The zero-order valence-corrected chi connectivity index (χ0v) is 31.4. The number of fused-ring (bicyclic) bond motifs is 6. The second-order valence-electron chi connectivity index (χ2n) is 15.4. The van der Waals surface area contributed by atoms with Gasteiger partial charge in [-0.1, -0.05) is 84.9 Å². The predicted molar refractivity (Wildman–Crippen MR) is 221 cm³/mol. The summed E-state index contributed by atoms with van der Waals surface area (Å²) < 4.78 is 0. The summed E-state index contributed by atoms with van der Waals surface area (Å²) in [7, 11) is 0. The maximum absolute atomic E-state index is 2.54. The third kappa shape index (κ3) is 4.58. The highest BCUT2D eigenvalue weighted by Crippen LogP contribution is 2.52. The van der Waals surface area contributed by atoms with Gasteiger partial charge in [0.15, 0.2) is 0 Å². The normalized spacial score (nSPS) is 13.2. The van der Waals surface area contributed by atoms with Crippen molar-refractivity contribution in [1.82, 2.24) is 0 Å². The molecule has 0 saturated carbocycles. The molecule has 2 aliphatic carbocycles. The highest BCUT2D eigenvalue weighted by atomic mass is 14.3. The Morgan fingerprint density at radius 2 is 0.922 bits per heavy atom. The molecule has 0 heterocycles. The third-order valence-corrected chi connectivity index (χ3v) is 13.0. The zero-order valence-electron chi connectivity index (χ0n) is 31.4. The summed E-state index contributed by atoms with van der Waals surface area (Å²) in [4.78, 5) is 0. The Bertz CT molecular complexity index is 2580. The van der Waals surface area contributed by atoms with E-state index in [-0.39, 0.29) is 0 Å². The van der Waals surface area contributed by atoms with Crippen LogP contribution in [-0.4, -0.2) is 0 Å². The van der Waals surface area contributed by atoms with E-state index in [0.29, 0.717) is 0 Å². The van der Waals surface area contributed by atoms with Gasteiger partial charge in [-0.05, 0) is 220 Å². The zero-order chi connectivity index (χ0) is 35.3. The summed E-state index contributed by atoms with van der Waals surface area (Å²) in [5.41, 5.74) is 27.7. The van der Waals surface area contributed by atoms with Gasteiger partial charge in [-0.15, -0.1) is 0 Å². The van der Waals surface area contributed by atoms with Crippen molar-refractivity contribution in [1.29, 1.82) is 0 Å². The fourth-order valence-corrected chi connectivity index (χ4v) is 9.54. The first-order valence-electron chi connectivity index (χ1n) is 18.7. The van der Waals surface area contributed by atoms with Crippen LogP contribution >= 0.6 is 0 Å². The molecule has 250 valence electrons. The van der Waals surface area contributed by atoms with Crippen molar-refractivity contribution in [2.24, 2.45) is 0 Å². The Kier molecular flexibility index (Phi) is 7.27. The molecule has 0 saturated heterocycles. The Hall–Kier alpha value is -5.20. The van der Waals surface area contributed by atoms with Crippen molar-refractivity contribution in [2.75, 3.05) is 0 Å². The molecule has 51 heavy (non-hydrogen) atoms. The number of allylic oxidation sites excluding steroid dienone is 1. The molecule has 0 atom stereocenters. The van der Waals surface area contributed by atoms with Crippen LogP contribution in [0, 0.1) is 55.4 Å². The van der Waals surface area contributed by atoms with Crippen LogP contribution in [-0.2, 0) is 12.8 Å². The lowest BCUT2D eigenvalue weighted by Crippen LogP contribution is -2.05. The van der Waals surface area contributed by atoms with E-state index in [0.717, 1.165) is 19.3 Å². The first-order valence-corrected chi connectivity index (χ1v) is 18.7. The largest absolute Gasteiger partial charge is 0.0836 e. The summed E-state index contributed by atoms with van der Waals surface area (Å²) in [6.07, 6.45) is 7.87. The monoisotopic (exact) mass is 658 g/mol. The molecule has 9 rings (SSSR count). The average molecular weight is 659 g/mol. The minimum atomic E-state index is 1.01. The van der Waals surface area contributed by atoms with Gasteiger partial charge < -0.3 is 0 Å². The van der Waals surface area contributed by atoms with Crippen molar-refractivity contribution in [2.45, 2.75) is 74.7 Å². The van der Waals surface area contributed by atoms with Gasteiger partial charge in [-0.3, -0.25) is 0 Å². The van der Waals surface area contributed by atoms with E-state index in [9.17, 15) is 0 Å². The van der Waals surface area contributed by atoms with E-state index in [4.69, 9.17) is 0 Å². The Morgan fingerprint density at radius 3 is 1.55 bits per heavy atom. The van der Waals surface area contributed by atoms with Crippen LogP contribution in [0.3, 0.4) is 0 Å². The fourth-order valence-electron chi connectivity index (χ4n) is 9.54. The van der Waals surface area contributed by atoms with Gasteiger partial charge in [0.1, 0.15) is 0 Å². The van der Waals surface area contributed by atoms with Gasteiger partial charge in [0, 0.05) is 0 Å². The molecule has 0 unspecified atom stereocenters. The third-order valence-electron chi connectivity index (χ3n) is 13.0. The van der Waals surface area contributed by atoms with Crippen LogP contribution in [0.25, 0.3) is 72.1 Å². The molecule has 7 aromatic carbocycles. The lowest BCUT2D eigenvalue weighted by Gasteiger charge is -2.28. The molecule has 0 amide bonds. The number of benzene rings is 7. The number of rotatable bonds is 3. The highest BCUT2D eigenvalue weighted by Gasteiger charge is 2.28. The van der Waals surface area contributed by atoms with Crippen molar-refractivity contribution in [3.63, 3.8) is 0 Å². The van der Waals surface area contributed by atoms with E-state index in [1.165, 1.54) is 133 Å². The first-order chi connectivity index (χ1) is 24.7. The summed E-state index contributed by atoms with van der Waals surface area (Å²) in [5, 5.41) is 5.65. The van der Waals surface area contributed by atoms with Gasteiger partial charge in [0.25, 0.3) is 0 Å². The van der Waals surface area contributed by atoms with Gasteiger partial charge in [0.05, 0.1) is 0 Å². The van der Waals surface area contributed by atoms with E-state index >= 15 is 0 Å². The maximum atomic E-state index is 2.54. The standard InChI is InChI=1S/C51H46/c1-28-30(3)34(7)48-46(32(28)5)50(40-23-22-39-24-37-18-12-15-21-43(37)45(39)26-40)47-33(6)29(2)31(4)35(8)49(47)51(48)41-25-38-19-13-14-20-42(38)44(27-41)36-16-10-9-11-17-36/h9-12,14-18,20-23,25-27H,13,19,24H2,1-8H3. The lowest BCUT2D eigenvalue weighted by molar-refractivity contribution is 0.987. The van der Waals surface area contributed by atoms with Crippen molar-refractivity contribution < 1.29 is 0 Å². The molecule has 0 bridgehead atoms. The van der Waals surface area contributed by atoms with Crippen LogP contribution in [0.1, 0.15) is 73.2 Å². The molecule has 0 aliphatic heterocycles. The van der Waals surface area contributed by atoms with Crippen LogP contribution in [0.4, 0.5) is 0 Å². The number of hydrogen-bond donors (Lipinski definition) is 0. The smallest absolute Gasteiger partial charge is 0.00134 e. The van der Waals surface area contributed by atoms with E-state index in [1.54, 1.807) is 0 Å². The summed E-state index contributed by atoms with van der Waals surface area (Å²) in [6, 6.07) is 32.4. The minimum Gasteiger partial charge on any atom is -0.0836 e. The number of hydrogen-bond acceptors (Lipinski definition) is 0. The van der Waals surface area contributed by atoms with E-state index in [1.807, 2.05) is 0 Å². The van der Waals surface area contributed by atoms with Crippen molar-refractivity contribution >= 4 is 27.6 Å². The van der Waals surface area contributed by atoms with E-state index < -0.39 is 0 Å². The molecule has 0 aromatic heterocycles. The predicted octanol–water partition coefficient (Wildman–Crippen LogP) is 14.0. The van der Waals surface area contributed by atoms with Crippen LogP contribution in [0.15, 0.2) is 91.0 Å². The second-order valence-corrected chi connectivity index (χ2v) is 15.4. The van der Waals surface area contributed by atoms with Gasteiger partial charge in [-0.2, -0.15) is 0 Å². The minimum absolute atomic E-state index is 1.01. The SMILES string of the molecule is Cc1c(C)c(C)c2c(-c3cc4c(c(-c5ccccc5)c3)C=CCC4)c3c(C)c(C)c(C)c(C)c3c(-c3ccc4c(c3)-c3ccccc3C4)c2c1C. The molecule has 0 spiro atoms. The summed E-state index contributed by atoms with van der Waals surface area (Å²) in [6.45, 7) is 18.9. The molecule has 0 heteroatoms. The topological polar surface area (TPSA) is 0 Å². The molecule has 7 aromatic rings. The first kappa shape index (κ1) is 31.8. The molecule has 2 aliphatic rings. The van der Waals surface area contributed by atoms with Gasteiger partial charge in [0.2, 0.25) is 0 Å². The molecular formula is C51H46.